The van der Waals surface area contributed by atoms with E-state index >= 15 is 0 Å². The standard InChI is InChI=1S/C17H19NO2/c1-9(2)10-7-8-13(18)15-14(10)16(19)11-5-3-4-6-12(11)17(15)20/h3-9,13,15,17,20H,18H2,1-2H3. The highest BCUT2D eigenvalue weighted by Gasteiger charge is 2.42. The highest BCUT2D eigenvalue weighted by Crippen LogP contribution is 2.43. The van der Waals surface area contributed by atoms with Crippen LogP contribution in [0.2, 0.25) is 0 Å². The third kappa shape index (κ3) is 1.78. The summed E-state index contributed by atoms with van der Waals surface area (Å²) in [5.74, 6) is -0.0862. The number of Topliss-reactive ketones (excluding diaryl/α,β-unsaturated/α-hetero) is 1. The van der Waals surface area contributed by atoms with Crippen LogP contribution in [0.3, 0.4) is 0 Å². The minimum Gasteiger partial charge on any atom is -0.388 e. The molecule has 0 aliphatic heterocycles. The molecule has 3 N–H and O–H groups in total. The monoisotopic (exact) mass is 269 g/mol. The normalized spacial score (nSPS) is 28.6. The van der Waals surface area contributed by atoms with E-state index in [4.69, 9.17) is 5.73 Å². The number of carbonyl (C=O) groups excluding carboxylic acids is 1. The molecule has 0 bridgehead atoms. The van der Waals surface area contributed by atoms with E-state index in [9.17, 15) is 9.90 Å². The van der Waals surface area contributed by atoms with Gasteiger partial charge in [0, 0.05) is 23.1 Å². The molecular formula is C17H19NO2. The third-order valence-electron chi connectivity index (χ3n) is 4.29. The average Bonchev–Trinajstić information content (AvgIpc) is 2.44. The highest BCUT2D eigenvalue weighted by atomic mass is 16.3. The summed E-state index contributed by atoms with van der Waals surface area (Å²) in [7, 11) is 0. The summed E-state index contributed by atoms with van der Waals surface area (Å²) in [6.45, 7) is 4.11. The van der Waals surface area contributed by atoms with Crippen LogP contribution in [0, 0.1) is 11.8 Å². The first-order chi connectivity index (χ1) is 9.52. The molecule has 3 rings (SSSR count). The average molecular weight is 269 g/mol. The number of allylic oxidation sites excluding steroid dienone is 2. The second-order valence-corrected chi connectivity index (χ2v) is 5.85. The number of ketones is 1. The van der Waals surface area contributed by atoms with E-state index in [-0.39, 0.29) is 23.7 Å². The maximum absolute atomic E-state index is 12.8. The van der Waals surface area contributed by atoms with E-state index in [1.165, 1.54) is 0 Å². The predicted molar refractivity (Wildman–Crippen MR) is 78.2 cm³/mol. The summed E-state index contributed by atoms with van der Waals surface area (Å²) in [5.41, 5.74) is 9.12. The lowest BCUT2D eigenvalue weighted by atomic mass is 9.68. The van der Waals surface area contributed by atoms with Crippen molar-refractivity contribution < 1.29 is 9.90 Å². The quantitative estimate of drug-likeness (QED) is 0.822. The first-order valence-corrected chi connectivity index (χ1v) is 7.02. The third-order valence-corrected chi connectivity index (χ3v) is 4.29. The predicted octanol–water partition coefficient (Wildman–Crippen LogP) is 2.38. The number of benzene rings is 1. The van der Waals surface area contributed by atoms with Crippen LogP contribution in [0.15, 0.2) is 47.6 Å². The van der Waals surface area contributed by atoms with Crippen LogP contribution in [-0.2, 0) is 0 Å². The first kappa shape index (κ1) is 13.3. The number of fused-ring (bicyclic) bond motifs is 2. The molecule has 2 aliphatic rings. The zero-order valence-corrected chi connectivity index (χ0v) is 11.7. The Morgan fingerprint density at radius 1 is 1.25 bits per heavy atom. The van der Waals surface area contributed by atoms with Crippen molar-refractivity contribution in [2.75, 3.05) is 0 Å². The molecule has 0 amide bonds. The lowest BCUT2D eigenvalue weighted by Gasteiger charge is -2.38. The number of hydrogen-bond acceptors (Lipinski definition) is 3. The molecule has 3 heteroatoms. The van der Waals surface area contributed by atoms with Gasteiger partial charge in [-0.2, -0.15) is 0 Å². The number of aliphatic hydroxyl groups excluding tert-OH is 1. The van der Waals surface area contributed by atoms with Crippen LogP contribution in [0.5, 0.6) is 0 Å². The molecule has 1 aromatic carbocycles. The number of carbonyl (C=O) groups is 1. The summed E-state index contributed by atoms with van der Waals surface area (Å²) in [6.07, 6.45) is 3.13. The van der Waals surface area contributed by atoms with Crippen LogP contribution in [-0.4, -0.2) is 16.9 Å². The van der Waals surface area contributed by atoms with Crippen LogP contribution >= 0.6 is 0 Å². The van der Waals surface area contributed by atoms with E-state index < -0.39 is 6.10 Å². The minimum absolute atomic E-state index is 0.0133. The van der Waals surface area contributed by atoms with Crippen molar-refractivity contribution in [1.82, 2.24) is 0 Å². The van der Waals surface area contributed by atoms with E-state index in [1.54, 1.807) is 6.07 Å². The Kier molecular flexibility index (Phi) is 3.11. The number of nitrogens with two attached hydrogens (primary N) is 1. The Balaban J connectivity index is 2.26. The number of hydrogen-bond donors (Lipinski definition) is 2. The van der Waals surface area contributed by atoms with Crippen molar-refractivity contribution in [3.8, 4) is 0 Å². The summed E-state index contributed by atoms with van der Waals surface area (Å²) in [4.78, 5) is 12.8. The molecule has 1 aromatic rings. The number of rotatable bonds is 1. The fourth-order valence-corrected chi connectivity index (χ4v) is 3.26. The Labute approximate surface area is 118 Å². The van der Waals surface area contributed by atoms with Crippen LogP contribution in [0.1, 0.15) is 35.9 Å². The highest BCUT2D eigenvalue weighted by molar-refractivity contribution is 6.12. The van der Waals surface area contributed by atoms with Gasteiger partial charge in [0.2, 0.25) is 0 Å². The maximum atomic E-state index is 12.8. The van der Waals surface area contributed by atoms with Crippen LogP contribution in [0.4, 0.5) is 0 Å². The lowest BCUT2D eigenvalue weighted by molar-refractivity contribution is 0.0838. The Bertz CT molecular complexity index is 628. The molecule has 3 nitrogen and oxygen atoms in total. The van der Waals surface area contributed by atoms with Gasteiger partial charge in [-0.3, -0.25) is 4.79 Å². The molecule has 0 fully saturated rings. The molecule has 0 aromatic heterocycles. The van der Waals surface area contributed by atoms with Crippen LogP contribution < -0.4 is 5.73 Å². The van der Waals surface area contributed by atoms with Gasteiger partial charge in [0.1, 0.15) is 0 Å². The Morgan fingerprint density at radius 3 is 2.65 bits per heavy atom. The van der Waals surface area contributed by atoms with E-state index in [2.05, 4.69) is 13.8 Å². The zero-order chi connectivity index (χ0) is 14.4. The van der Waals surface area contributed by atoms with Crippen LogP contribution in [0.25, 0.3) is 0 Å². The number of aliphatic hydroxyl groups is 1. The fourth-order valence-electron chi connectivity index (χ4n) is 3.26. The van der Waals surface area contributed by atoms with Crippen molar-refractivity contribution in [3.05, 3.63) is 58.7 Å². The Hall–Kier alpha value is -1.71. The molecule has 3 unspecified atom stereocenters. The van der Waals surface area contributed by atoms with Gasteiger partial charge in [0.25, 0.3) is 0 Å². The van der Waals surface area contributed by atoms with Gasteiger partial charge in [0.15, 0.2) is 5.78 Å². The molecule has 3 atom stereocenters. The van der Waals surface area contributed by atoms with Crippen molar-refractivity contribution in [2.24, 2.45) is 17.6 Å². The molecule has 0 saturated heterocycles. The van der Waals surface area contributed by atoms with Gasteiger partial charge in [-0.1, -0.05) is 50.3 Å². The second-order valence-electron chi connectivity index (χ2n) is 5.85. The molecule has 0 heterocycles. The van der Waals surface area contributed by atoms with Crippen molar-refractivity contribution in [1.29, 1.82) is 0 Å². The van der Waals surface area contributed by atoms with E-state index in [0.29, 0.717) is 16.7 Å². The molecule has 0 saturated carbocycles. The van der Waals surface area contributed by atoms with Gasteiger partial charge in [-0.15, -0.1) is 0 Å². The van der Waals surface area contributed by atoms with Crippen molar-refractivity contribution in [2.45, 2.75) is 26.0 Å². The second kappa shape index (κ2) is 4.69. The molecule has 20 heavy (non-hydrogen) atoms. The zero-order valence-electron chi connectivity index (χ0n) is 11.7. The minimum atomic E-state index is -0.715. The summed E-state index contributed by atoms with van der Waals surface area (Å²) in [6, 6.07) is 6.95. The summed E-state index contributed by atoms with van der Waals surface area (Å²) < 4.78 is 0. The summed E-state index contributed by atoms with van der Waals surface area (Å²) in [5, 5.41) is 10.6. The Morgan fingerprint density at radius 2 is 1.95 bits per heavy atom. The lowest BCUT2D eigenvalue weighted by Crippen LogP contribution is -2.42. The maximum Gasteiger partial charge on any atom is 0.190 e. The summed E-state index contributed by atoms with van der Waals surface area (Å²) >= 11 is 0. The van der Waals surface area contributed by atoms with Gasteiger partial charge >= 0.3 is 0 Å². The molecular weight excluding hydrogens is 250 g/mol. The molecule has 2 aliphatic carbocycles. The first-order valence-electron chi connectivity index (χ1n) is 7.02. The molecule has 104 valence electrons. The smallest absolute Gasteiger partial charge is 0.190 e. The van der Waals surface area contributed by atoms with E-state index in [0.717, 1.165) is 5.57 Å². The van der Waals surface area contributed by atoms with Crippen molar-refractivity contribution in [3.63, 3.8) is 0 Å². The van der Waals surface area contributed by atoms with Gasteiger partial charge in [-0.25, -0.2) is 0 Å². The topological polar surface area (TPSA) is 63.3 Å². The molecule has 0 radical (unpaired) electrons. The molecule has 0 spiro atoms. The fraction of sp³-hybridized carbons (Fsp3) is 0.353. The van der Waals surface area contributed by atoms with Gasteiger partial charge < -0.3 is 10.8 Å². The van der Waals surface area contributed by atoms with E-state index in [1.807, 2.05) is 30.4 Å². The van der Waals surface area contributed by atoms with Gasteiger partial charge in [-0.05, 0) is 17.1 Å². The largest absolute Gasteiger partial charge is 0.388 e. The van der Waals surface area contributed by atoms with Crippen molar-refractivity contribution >= 4 is 5.78 Å². The van der Waals surface area contributed by atoms with Gasteiger partial charge in [0.05, 0.1) is 6.10 Å². The SMILES string of the molecule is CC(C)C1=C2C(=O)c3ccccc3C(O)C2C(N)C=C1.